The predicted octanol–water partition coefficient (Wildman–Crippen LogP) is 3.86. The number of rotatable bonds is 5. The van der Waals surface area contributed by atoms with Crippen LogP contribution in [-0.4, -0.2) is 56.7 Å². The van der Waals surface area contributed by atoms with Crippen LogP contribution in [0.25, 0.3) is 0 Å². The Labute approximate surface area is 201 Å². The summed E-state index contributed by atoms with van der Waals surface area (Å²) >= 11 is 0. The summed E-state index contributed by atoms with van der Waals surface area (Å²) in [7, 11) is -1.23. The first-order valence-corrected chi connectivity index (χ1v) is 14.3. The molecule has 34 heavy (non-hydrogen) atoms. The number of benzene rings is 1. The topological polar surface area (TPSA) is 99.2 Å². The van der Waals surface area contributed by atoms with Crippen LogP contribution in [0.3, 0.4) is 0 Å². The number of ether oxygens (including phenoxy) is 2. The lowest BCUT2D eigenvalue weighted by atomic mass is 9.64. The summed E-state index contributed by atoms with van der Waals surface area (Å²) < 4.78 is 17.1. The molecule has 0 bridgehead atoms. The first-order chi connectivity index (χ1) is 15.8. The highest BCUT2D eigenvalue weighted by molar-refractivity contribution is 6.74. The molecule has 9 heteroatoms. The van der Waals surface area contributed by atoms with Crippen molar-refractivity contribution in [3.05, 3.63) is 48.0 Å². The zero-order valence-electron chi connectivity index (χ0n) is 20.6. The second-order valence-electron chi connectivity index (χ2n) is 10.3. The number of esters is 1. The lowest BCUT2D eigenvalue weighted by molar-refractivity contribution is -0.175. The van der Waals surface area contributed by atoms with E-state index in [0.717, 1.165) is 10.5 Å². The fourth-order valence-corrected chi connectivity index (χ4v) is 5.50. The number of allylic oxidation sites excluding steroid dienone is 1. The number of imide groups is 1. The van der Waals surface area contributed by atoms with Gasteiger partial charge in [-0.25, -0.2) is 9.69 Å². The summed E-state index contributed by atoms with van der Waals surface area (Å²) in [6, 6.07) is 9.08. The second kappa shape index (κ2) is 9.46. The molecule has 1 aliphatic carbocycles. The van der Waals surface area contributed by atoms with Gasteiger partial charge in [-0.05, 0) is 29.8 Å². The first kappa shape index (κ1) is 25.8. The van der Waals surface area contributed by atoms with Gasteiger partial charge >= 0.3 is 12.1 Å². The molecule has 184 valence electrons. The van der Waals surface area contributed by atoms with Gasteiger partial charge in [-0.15, -0.1) is 0 Å². The van der Waals surface area contributed by atoms with Crippen molar-refractivity contribution in [2.75, 3.05) is 13.7 Å². The largest absolute Gasteiger partial charge is 0.460 e. The molecular weight excluding hydrogens is 454 g/mol. The third-order valence-corrected chi connectivity index (χ3v) is 11.7. The minimum absolute atomic E-state index is 0.0464. The van der Waals surface area contributed by atoms with Crippen LogP contribution >= 0.6 is 0 Å². The molecule has 0 spiro atoms. The molecule has 0 N–H and O–H groups in total. The summed E-state index contributed by atoms with van der Waals surface area (Å²) in [4.78, 5) is 53.2. The number of nitrogens with zero attached hydrogens (tertiary/aromatic N) is 1. The van der Waals surface area contributed by atoms with E-state index in [-0.39, 0.29) is 30.4 Å². The fraction of sp³-hybridized carbons (Fsp3) is 0.520. The van der Waals surface area contributed by atoms with Crippen LogP contribution in [0.5, 0.6) is 0 Å². The number of fused-ring (bicyclic) bond motifs is 1. The molecular formula is C25H33NO7Si. The Balaban J connectivity index is 2.05. The van der Waals surface area contributed by atoms with Crippen LogP contribution in [0, 0.1) is 11.3 Å². The van der Waals surface area contributed by atoms with E-state index < -0.39 is 43.7 Å². The number of amides is 2. The molecule has 0 aromatic heterocycles. The van der Waals surface area contributed by atoms with Gasteiger partial charge in [0.1, 0.15) is 6.61 Å². The second-order valence-corrected chi connectivity index (χ2v) is 15.1. The minimum atomic E-state index is -2.40. The van der Waals surface area contributed by atoms with Gasteiger partial charge in [-0.2, -0.15) is 0 Å². The van der Waals surface area contributed by atoms with Gasteiger partial charge < -0.3 is 13.9 Å². The fourth-order valence-electron chi connectivity index (χ4n) is 4.15. The smallest absolute Gasteiger partial charge is 0.416 e. The molecule has 0 unspecified atom stereocenters. The maximum absolute atomic E-state index is 13.7. The number of carbonyl (C=O) groups is 4. The molecule has 1 aromatic carbocycles. The van der Waals surface area contributed by atoms with Crippen LogP contribution in [-0.2, 0) is 34.9 Å². The van der Waals surface area contributed by atoms with Crippen LogP contribution in [0.4, 0.5) is 4.79 Å². The van der Waals surface area contributed by atoms with E-state index in [2.05, 4.69) is 20.8 Å². The van der Waals surface area contributed by atoms with Crippen LogP contribution in [0.2, 0.25) is 18.1 Å². The standard InChI is InChI=1S/C25H33NO7Si/c1-24(2,3)34(5,6)33-20-15-26(23(30)31-4)21(28)25(13-12-18(27)14-19(20)25)22(29)32-16-17-10-8-7-9-11-17/h7-13,19-20H,14-16H2,1-6H3/t19-,20+,25+/m0/s1. The number of methoxy groups -OCH3 is 1. The van der Waals surface area contributed by atoms with E-state index in [9.17, 15) is 19.2 Å². The summed E-state index contributed by atoms with van der Waals surface area (Å²) in [5.41, 5.74) is -1.11. The number of carbonyl (C=O) groups excluding carboxylic acids is 4. The van der Waals surface area contributed by atoms with Gasteiger partial charge in [0, 0.05) is 12.3 Å². The number of ketones is 1. The van der Waals surface area contributed by atoms with Gasteiger partial charge in [0.25, 0.3) is 5.91 Å². The Kier molecular flexibility index (Phi) is 7.19. The van der Waals surface area contributed by atoms with Crippen LogP contribution in [0.15, 0.2) is 42.5 Å². The molecule has 3 atom stereocenters. The zero-order valence-corrected chi connectivity index (χ0v) is 21.6. The predicted molar refractivity (Wildman–Crippen MR) is 127 cm³/mol. The number of piperidine rings is 1. The van der Waals surface area contributed by atoms with Crippen molar-refractivity contribution in [2.24, 2.45) is 11.3 Å². The van der Waals surface area contributed by atoms with Gasteiger partial charge in [-0.1, -0.05) is 57.2 Å². The Bertz CT molecular complexity index is 998. The van der Waals surface area contributed by atoms with Crippen molar-refractivity contribution in [3.8, 4) is 0 Å². The molecule has 3 rings (SSSR count). The van der Waals surface area contributed by atoms with Gasteiger partial charge in [0.05, 0.1) is 19.8 Å². The first-order valence-electron chi connectivity index (χ1n) is 11.3. The van der Waals surface area contributed by atoms with Gasteiger partial charge in [0.15, 0.2) is 19.5 Å². The van der Waals surface area contributed by atoms with Crippen molar-refractivity contribution in [1.82, 2.24) is 4.90 Å². The van der Waals surface area contributed by atoms with Crippen molar-refractivity contribution in [1.29, 1.82) is 0 Å². The molecule has 1 fully saturated rings. The number of hydrogen-bond acceptors (Lipinski definition) is 7. The van der Waals surface area contributed by atoms with Crippen molar-refractivity contribution in [3.63, 3.8) is 0 Å². The number of likely N-dealkylation sites (tertiary alicyclic amines) is 1. The minimum Gasteiger partial charge on any atom is -0.460 e. The maximum atomic E-state index is 13.7. The summed E-state index contributed by atoms with van der Waals surface area (Å²) in [6.45, 7) is 10.1. The molecule has 1 saturated heterocycles. The molecule has 1 aromatic rings. The van der Waals surface area contributed by atoms with Crippen LogP contribution < -0.4 is 0 Å². The zero-order chi connectivity index (χ0) is 25.3. The van der Waals surface area contributed by atoms with Crippen molar-refractivity contribution < 1.29 is 33.1 Å². The summed E-state index contributed by atoms with van der Waals surface area (Å²) in [5.74, 6) is -2.58. The molecule has 1 aliphatic heterocycles. The van der Waals surface area contributed by atoms with E-state index in [1.54, 1.807) is 12.1 Å². The lowest BCUT2D eigenvalue weighted by Gasteiger charge is -2.50. The maximum Gasteiger partial charge on any atom is 0.416 e. The van der Waals surface area contributed by atoms with Crippen molar-refractivity contribution >= 4 is 32.1 Å². The highest BCUT2D eigenvalue weighted by Gasteiger charge is 2.63. The molecule has 2 aliphatic rings. The normalized spacial score (nSPS) is 25.1. The average molecular weight is 488 g/mol. The van der Waals surface area contributed by atoms with Gasteiger partial charge in [-0.3, -0.25) is 14.4 Å². The third-order valence-electron chi connectivity index (χ3n) is 7.15. The van der Waals surface area contributed by atoms with E-state index >= 15 is 0 Å². The molecule has 1 heterocycles. The van der Waals surface area contributed by atoms with E-state index in [1.807, 2.05) is 31.3 Å². The SMILES string of the molecule is COC(=O)N1C[C@@H](O[Si](C)(C)C(C)(C)C)[C@@H]2CC(=O)C=C[C@]2(C(=O)OCc2ccccc2)C1=O. The van der Waals surface area contributed by atoms with Gasteiger partial charge in [0.2, 0.25) is 0 Å². The highest BCUT2D eigenvalue weighted by atomic mass is 28.4. The monoisotopic (exact) mass is 487 g/mol. The Morgan fingerprint density at radius 1 is 1.15 bits per heavy atom. The third kappa shape index (κ3) is 4.72. The number of hydrogen-bond donors (Lipinski definition) is 0. The quantitative estimate of drug-likeness (QED) is 0.353. The lowest BCUT2D eigenvalue weighted by Crippen LogP contribution is -2.66. The van der Waals surface area contributed by atoms with E-state index in [1.165, 1.54) is 19.3 Å². The average Bonchev–Trinajstić information content (AvgIpc) is 2.78. The molecule has 0 radical (unpaired) electrons. The Hall–Kier alpha value is -2.78. The van der Waals surface area contributed by atoms with E-state index in [4.69, 9.17) is 13.9 Å². The highest BCUT2D eigenvalue weighted by Crippen LogP contribution is 2.48. The molecule has 2 amide bonds. The summed E-state index contributed by atoms with van der Waals surface area (Å²) in [6.07, 6.45) is 0.846. The summed E-state index contributed by atoms with van der Waals surface area (Å²) in [5, 5.41) is -0.171. The van der Waals surface area contributed by atoms with E-state index in [0.29, 0.717) is 0 Å². The molecule has 0 saturated carbocycles. The molecule has 8 nitrogen and oxygen atoms in total. The van der Waals surface area contributed by atoms with Crippen molar-refractivity contribution in [2.45, 2.75) is 58.0 Å². The Morgan fingerprint density at radius 2 is 1.79 bits per heavy atom. The Morgan fingerprint density at radius 3 is 2.38 bits per heavy atom. The van der Waals surface area contributed by atoms with Crippen LogP contribution in [0.1, 0.15) is 32.8 Å².